The van der Waals surface area contributed by atoms with Gasteiger partial charge in [-0.2, -0.15) is 0 Å². The molecule has 2 aromatic carbocycles. The molecule has 1 heterocycles. The number of oxime groups is 1. The zero-order chi connectivity index (χ0) is 21.3. The van der Waals surface area contributed by atoms with E-state index in [4.69, 9.17) is 27.6 Å². The Morgan fingerprint density at radius 2 is 2.17 bits per heavy atom. The minimum atomic E-state index is -0.657. The van der Waals surface area contributed by atoms with Crippen molar-refractivity contribution in [2.24, 2.45) is 5.16 Å². The fraction of sp³-hybridized carbons (Fsp3) is 0.375. The first-order valence-electron chi connectivity index (χ1n) is 10.00. The molecule has 0 saturated carbocycles. The molecule has 6 heteroatoms. The molecule has 0 radical (unpaired) electrons. The van der Waals surface area contributed by atoms with Crippen molar-refractivity contribution in [1.29, 1.82) is 0 Å². The Balaban J connectivity index is 1.63. The lowest BCUT2D eigenvalue weighted by Crippen LogP contribution is -2.39. The number of aliphatic hydroxyl groups excluding tert-OH is 1. The summed E-state index contributed by atoms with van der Waals surface area (Å²) in [7, 11) is 0. The summed E-state index contributed by atoms with van der Waals surface area (Å²) in [5.74, 6) is 2.41. The van der Waals surface area contributed by atoms with Gasteiger partial charge in [0.25, 0.3) is 0 Å². The lowest BCUT2D eigenvalue weighted by atomic mass is 10.00. The zero-order valence-corrected chi connectivity index (χ0v) is 17.9. The number of rotatable bonds is 10. The zero-order valence-electron chi connectivity index (χ0n) is 17.1. The quantitative estimate of drug-likeness (QED) is 0.465. The molecule has 0 unspecified atom stereocenters. The maximum Gasteiger partial charge on any atom is 0.145 e. The minimum Gasteiger partial charge on any atom is -0.390 e. The van der Waals surface area contributed by atoms with Crippen LogP contribution in [0.5, 0.6) is 0 Å². The number of hydrogen-bond acceptors (Lipinski definition) is 5. The number of halogens is 1. The van der Waals surface area contributed by atoms with E-state index in [1.807, 2.05) is 36.4 Å². The molecule has 0 fully saturated rings. The van der Waals surface area contributed by atoms with Gasteiger partial charge in [-0.15, -0.1) is 6.42 Å². The molecule has 2 atom stereocenters. The molecule has 2 aromatic rings. The molecule has 0 saturated heterocycles. The van der Waals surface area contributed by atoms with Gasteiger partial charge in [0.2, 0.25) is 0 Å². The lowest BCUT2D eigenvalue weighted by molar-refractivity contribution is 0.00419. The van der Waals surface area contributed by atoms with Gasteiger partial charge in [0.1, 0.15) is 12.7 Å². The third-order valence-electron chi connectivity index (χ3n) is 4.91. The summed E-state index contributed by atoms with van der Waals surface area (Å²) < 4.78 is 5.29. The van der Waals surface area contributed by atoms with Crippen LogP contribution in [-0.4, -0.2) is 54.2 Å². The van der Waals surface area contributed by atoms with Crippen LogP contribution in [0.15, 0.2) is 53.7 Å². The van der Waals surface area contributed by atoms with Crippen LogP contribution in [0.2, 0.25) is 5.02 Å². The molecule has 0 amide bonds. The highest BCUT2D eigenvalue weighted by atomic mass is 35.5. The molecule has 1 aliphatic rings. The smallest absolute Gasteiger partial charge is 0.145 e. The van der Waals surface area contributed by atoms with E-state index in [1.165, 1.54) is 5.56 Å². The van der Waals surface area contributed by atoms with Gasteiger partial charge in [-0.3, -0.25) is 4.90 Å². The van der Waals surface area contributed by atoms with E-state index < -0.39 is 6.10 Å². The van der Waals surface area contributed by atoms with Crippen LogP contribution in [0.25, 0.3) is 0 Å². The number of nitrogens with zero attached hydrogens (tertiary/aromatic N) is 2. The summed E-state index contributed by atoms with van der Waals surface area (Å²) in [5, 5.41) is 15.4. The Labute approximate surface area is 183 Å². The van der Waals surface area contributed by atoms with Gasteiger partial charge in [-0.05, 0) is 30.2 Å². The van der Waals surface area contributed by atoms with Gasteiger partial charge in [0.05, 0.1) is 18.4 Å². The number of terminal acetylenes is 1. The normalized spacial score (nSPS) is 16.8. The van der Waals surface area contributed by atoms with Crippen molar-refractivity contribution in [3.63, 3.8) is 0 Å². The van der Waals surface area contributed by atoms with Gasteiger partial charge < -0.3 is 14.7 Å². The van der Waals surface area contributed by atoms with E-state index in [1.54, 1.807) is 0 Å². The molecule has 5 nitrogen and oxygen atoms in total. The third-order valence-corrected chi connectivity index (χ3v) is 5.15. The maximum atomic E-state index is 10.4. The number of ether oxygens (including phenoxy) is 1. The maximum absolute atomic E-state index is 10.4. The van der Waals surface area contributed by atoms with E-state index in [-0.39, 0.29) is 19.3 Å². The highest BCUT2D eigenvalue weighted by molar-refractivity contribution is 6.30. The second-order valence-electron chi connectivity index (χ2n) is 7.48. The first kappa shape index (κ1) is 22.3. The Bertz CT molecular complexity index is 909. The highest BCUT2D eigenvalue weighted by Crippen LogP contribution is 2.21. The second-order valence-corrected chi connectivity index (χ2v) is 7.92. The molecule has 1 aliphatic heterocycles. The van der Waals surface area contributed by atoms with Crippen molar-refractivity contribution in [3.05, 3.63) is 70.2 Å². The van der Waals surface area contributed by atoms with Crippen LogP contribution in [-0.2, 0) is 16.1 Å². The summed E-state index contributed by atoms with van der Waals surface area (Å²) in [6.45, 7) is 4.13. The molecule has 1 N–H and O–H groups in total. The van der Waals surface area contributed by atoms with Gasteiger partial charge in [-0.25, -0.2) is 0 Å². The van der Waals surface area contributed by atoms with Gasteiger partial charge >= 0.3 is 0 Å². The second kappa shape index (κ2) is 11.1. The Hall–Kier alpha value is -2.36. The standard InChI is InChI=1S/C24H27ClN2O3/c1-3-11-29-17-21(28)15-27(14-19-8-6-9-20(25)12-19)16-22-13-24(26-30-22)23-10-5-4-7-18(23)2/h1,4-10,12,21-22,28H,11,13-17H2,2H3/t21-,22+/m0/s1. The van der Waals surface area contributed by atoms with Crippen LogP contribution in [0.3, 0.4) is 0 Å². The average Bonchev–Trinajstić information content (AvgIpc) is 3.16. The summed E-state index contributed by atoms with van der Waals surface area (Å²) in [4.78, 5) is 7.86. The molecular formula is C24H27ClN2O3. The van der Waals surface area contributed by atoms with Crippen molar-refractivity contribution in [2.45, 2.75) is 32.1 Å². The van der Waals surface area contributed by atoms with Crippen LogP contribution in [0, 0.1) is 19.3 Å². The molecule has 158 valence electrons. The van der Waals surface area contributed by atoms with Gasteiger partial charge in [0.15, 0.2) is 0 Å². The fourth-order valence-electron chi connectivity index (χ4n) is 3.57. The van der Waals surface area contributed by atoms with Gasteiger partial charge in [-0.1, -0.05) is 59.1 Å². The minimum absolute atomic E-state index is 0.0855. The number of hydrogen-bond donors (Lipinski definition) is 1. The van der Waals surface area contributed by atoms with E-state index in [2.05, 4.69) is 35.0 Å². The largest absolute Gasteiger partial charge is 0.390 e. The Morgan fingerprint density at radius 3 is 2.93 bits per heavy atom. The van der Waals surface area contributed by atoms with Crippen molar-refractivity contribution in [2.75, 3.05) is 26.3 Å². The predicted molar refractivity (Wildman–Crippen MR) is 120 cm³/mol. The van der Waals surface area contributed by atoms with Crippen molar-refractivity contribution < 1.29 is 14.7 Å². The van der Waals surface area contributed by atoms with Crippen molar-refractivity contribution in [1.82, 2.24) is 4.90 Å². The molecule has 0 bridgehead atoms. The summed E-state index contributed by atoms with van der Waals surface area (Å²) in [6, 6.07) is 15.9. The van der Waals surface area contributed by atoms with Crippen LogP contribution in [0.4, 0.5) is 0 Å². The predicted octanol–water partition coefficient (Wildman–Crippen LogP) is 3.65. The first-order valence-corrected chi connectivity index (χ1v) is 10.4. The SMILES string of the molecule is C#CCOC[C@@H](O)CN(Cc1cccc(Cl)c1)C[C@H]1CC(c2ccccc2C)=NO1. The summed E-state index contributed by atoms with van der Waals surface area (Å²) >= 11 is 6.14. The topological polar surface area (TPSA) is 54.3 Å². The Kier molecular flexibility index (Phi) is 8.30. The molecule has 3 rings (SSSR count). The Morgan fingerprint density at radius 1 is 1.33 bits per heavy atom. The average molecular weight is 427 g/mol. The molecule has 0 aromatic heterocycles. The number of benzene rings is 2. The highest BCUT2D eigenvalue weighted by Gasteiger charge is 2.26. The lowest BCUT2D eigenvalue weighted by Gasteiger charge is -2.27. The van der Waals surface area contributed by atoms with E-state index in [9.17, 15) is 5.11 Å². The molecular weight excluding hydrogens is 400 g/mol. The molecule has 0 aliphatic carbocycles. The van der Waals surface area contributed by atoms with E-state index in [0.717, 1.165) is 23.3 Å². The summed E-state index contributed by atoms with van der Waals surface area (Å²) in [6.07, 6.45) is 5.18. The number of aliphatic hydroxyl groups is 1. The van der Waals surface area contributed by atoms with Crippen LogP contribution in [0.1, 0.15) is 23.1 Å². The first-order chi connectivity index (χ1) is 14.5. The van der Waals surface area contributed by atoms with Crippen molar-refractivity contribution in [3.8, 4) is 12.3 Å². The molecule has 30 heavy (non-hydrogen) atoms. The number of aryl methyl sites for hydroxylation is 1. The van der Waals surface area contributed by atoms with Crippen molar-refractivity contribution >= 4 is 17.3 Å². The van der Waals surface area contributed by atoms with E-state index in [0.29, 0.717) is 24.7 Å². The summed E-state index contributed by atoms with van der Waals surface area (Å²) in [5.41, 5.74) is 4.32. The van der Waals surface area contributed by atoms with E-state index >= 15 is 0 Å². The third kappa shape index (κ3) is 6.58. The van der Waals surface area contributed by atoms with Crippen LogP contribution >= 0.6 is 11.6 Å². The van der Waals surface area contributed by atoms with Gasteiger partial charge in [0, 0.05) is 36.6 Å². The fourth-order valence-corrected chi connectivity index (χ4v) is 3.78. The monoisotopic (exact) mass is 426 g/mol. The molecule has 0 spiro atoms. The van der Waals surface area contributed by atoms with Crippen LogP contribution < -0.4 is 0 Å².